The van der Waals surface area contributed by atoms with Crippen LogP contribution in [0.4, 0.5) is 10.2 Å². The van der Waals surface area contributed by atoms with Crippen LogP contribution in [0.25, 0.3) is 5.69 Å². The first kappa shape index (κ1) is 19.7. The number of piperazine rings is 1. The maximum absolute atomic E-state index is 14.4. The number of benzene rings is 1. The highest BCUT2D eigenvalue weighted by Crippen LogP contribution is 2.29. The summed E-state index contributed by atoms with van der Waals surface area (Å²) >= 11 is 0. The second-order valence-electron chi connectivity index (χ2n) is 8.18. The van der Waals surface area contributed by atoms with Gasteiger partial charge in [0, 0.05) is 49.2 Å². The van der Waals surface area contributed by atoms with Crippen molar-refractivity contribution in [3.63, 3.8) is 0 Å². The Labute approximate surface area is 180 Å². The summed E-state index contributed by atoms with van der Waals surface area (Å²) in [5, 5.41) is 4.59. The van der Waals surface area contributed by atoms with Gasteiger partial charge in [-0.25, -0.2) is 19.0 Å². The minimum absolute atomic E-state index is 0.0667. The van der Waals surface area contributed by atoms with E-state index in [1.807, 2.05) is 24.8 Å². The number of anilines is 1. The minimum Gasteiger partial charge on any atom is -0.353 e. The zero-order valence-corrected chi connectivity index (χ0v) is 17.8. The van der Waals surface area contributed by atoms with Gasteiger partial charge in [-0.2, -0.15) is 5.10 Å². The first-order valence-electron chi connectivity index (χ1n) is 10.7. The summed E-state index contributed by atoms with van der Waals surface area (Å²) < 4.78 is 16.0. The van der Waals surface area contributed by atoms with E-state index >= 15 is 0 Å². The molecule has 0 spiro atoms. The van der Waals surface area contributed by atoms with E-state index in [-0.39, 0.29) is 11.7 Å². The molecule has 0 unspecified atom stereocenters. The van der Waals surface area contributed by atoms with Gasteiger partial charge in [0.15, 0.2) is 5.69 Å². The number of fused-ring (bicyclic) bond motifs is 1. The van der Waals surface area contributed by atoms with Gasteiger partial charge < -0.3 is 9.80 Å². The molecule has 1 fully saturated rings. The number of halogens is 1. The lowest BCUT2D eigenvalue weighted by Crippen LogP contribution is -2.49. The van der Waals surface area contributed by atoms with Gasteiger partial charge in [0.05, 0.1) is 0 Å². The van der Waals surface area contributed by atoms with Crippen molar-refractivity contribution in [3.8, 4) is 5.69 Å². The number of carbonyl (C=O) groups excluding carboxylic acids is 1. The van der Waals surface area contributed by atoms with Crippen LogP contribution in [0.1, 0.15) is 39.7 Å². The van der Waals surface area contributed by atoms with Crippen molar-refractivity contribution in [3.05, 3.63) is 64.6 Å². The summed E-state index contributed by atoms with van der Waals surface area (Å²) in [6.45, 7) is 6.47. The predicted molar refractivity (Wildman–Crippen MR) is 115 cm³/mol. The van der Waals surface area contributed by atoms with Gasteiger partial charge in [-0.1, -0.05) is 12.1 Å². The molecule has 160 valence electrons. The smallest absolute Gasteiger partial charge is 0.274 e. The van der Waals surface area contributed by atoms with Crippen molar-refractivity contribution < 1.29 is 9.18 Å². The van der Waals surface area contributed by atoms with E-state index in [0.717, 1.165) is 47.9 Å². The van der Waals surface area contributed by atoms with E-state index in [1.165, 1.54) is 6.07 Å². The number of para-hydroxylation sites is 1. The highest BCUT2D eigenvalue weighted by atomic mass is 19.1. The molecule has 8 heteroatoms. The Bertz CT molecular complexity index is 1130. The van der Waals surface area contributed by atoms with Crippen LogP contribution in [0.3, 0.4) is 0 Å². The van der Waals surface area contributed by atoms with Gasteiger partial charge in [0.1, 0.15) is 23.1 Å². The van der Waals surface area contributed by atoms with E-state index in [4.69, 9.17) is 0 Å². The Morgan fingerprint density at radius 1 is 1.03 bits per heavy atom. The minimum atomic E-state index is -0.331. The first-order chi connectivity index (χ1) is 15.0. The summed E-state index contributed by atoms with van der Waals surface area (Å²) in [5.41, 5.74) is 3.74. The molecule has 31 heavy (non-hydrogen) atoms. The van der Waals surface area contributed by atoms with E-state index in [9.17, 15) is 9.18 Å². The molecule has 1 aromatic carbocycles. The molecule has 0 bridgehead atoms. The van der Waals surface area contributed by atoms with Gasteiger partial charge in [-0.3, -0.25) is 4.79 Å². The summed E-state index contributed by atoms with van der Waals surface area (Å²) in [7, 11) is 0. The largest absolute Gasteiger partial charge is 0.353 e. The van der Waals surface area contributed by atoms with Gasteiger partial charge in [-0.05, 0) is 45.2 Å². The molecule has 0 atom stereocenters. The number of carbonyl (C=O) groups is 1. The van der Waals surface area contributed by atoms with Crippen molar-refractivity contribution in [1.29, 1.82) is 0 Å². The van der Waals surface area contributed by atoms with Crippen LogP contribution in [0, 0.1) is 19.7 Å². The molecule has 2 aromatic heterocycles. The molecule has 0 radical (unpaired) electrons. The zero-order valence-electron chi connectivity index (χ0n) is 17.8. The molecule has 1 aliphatic carbocycles. The third kappa shape index (κ3) is 3.56. The lowest BCUT2D eigenvalue weighted by atomic mass is 10.1. The SMILES string of the molecule is Cc1cc(N2CCN(C(=O)c3nn(-c4ccccc4F)c4c3CCC4)CC2)nc(C)n1. The molecule has 1 aliphatic heterocycles. The Morgan fingerprint density at radius 2 is 1.81 bits per heavy atom. The average molecular weight is 420 g/mol. The Kier molecular flexibility index (Phi) is 4.92. The van der Waals surface area contributed by atoms with Crippen LogP contribution in [0.5, 0.6) is 0 Å². The molecular weight excluding hydrogens is 395 g/mol. The topological polar surface area (TPSA) is 67.2 Å². The van der Waals surface area contributed by atoms with Crippen LogP contribution in [-0.2, 0) is 12.8 Å². The fourth-order valence-electron chi connectivity index (χ4n) is 4.58. The molecule has 0 saturated carbocycles. The average Bonchev–Trinajstić information content (AvgIpc) is 3.36. The molecule has 0 N–H and O–H groups in total. The Morgan fingerprint density at radius 3 is 2.55 bits per heavy atom. The number of amides is 1. The molecule has 1 amide bonds. The van der Waals surface area contributed by atoms with E-state index in [0.29, 0.717) is 37.6 Å². The summed E-state index contributed by atoms with van der Waals surface area (Å²) in [6, 6.07) is 8.57. The van der Waals surface area contributed by atoms with Gasteiger partial charge in [0.25, 0.3) is 5.91 Å². The number of nitrogens with zero attached hydrogens (tertiary/aromatic N) is 6. The normalized spacial score (nSPS) is 16.0. The molecule has 3 aromatic rings. The highest BCUT2D eigenvalue weighted by Gasteiger charge is 2.31. The zero-order chi connectivity index (χ0) is 21.5. The van der Waals surface area contributed by atoms with Crippen LogP contribution >= 0.6 is 0 Å². The highest BCUT2D eigenvalue weighted by molar-refractivity contribution is 5.94. The number of hydrogen-bond donors (Lipinski definition) is 0. The predicted octanol–water partition coefficient (Wildman–Crippen LogP) is 2.87. The Balaban J connectivity index is 1.37. The Hall–Kier alpha value is -3.29. The van der Waals surface area contributed by atoms with Crippen molar-refractivity contribution in [2.45, 2.75) is 33.1 Å². The second-order valence-corrected chi connectivity index (χ2v) is 8.18. The third-order valence-corrected chi connectivity index (χ3v) is 6.06. The first-order valence-corrected chi connectivity index (χ1v) is 10.7. The quantitative estimate of drug-likeness (QED) is 0.652. The van der Waals surface area contributed by atoms with Crippen LogP contribution in [-0.4, -0.2) is 56.7 Å². The fraction of sp³-hybridized carbons (Fsp3) is 0.391. The standard InChI is InChI=1S/C23H25FN6O/c1-15-14-21(26-16(2)25-15)28-10-12-29(13-11-28)23(31)22-17-6-5-9-19(17)30(27-22)20-8-4-3-7-18(20)24/h3-4,7-8,14H,5-6,9-13H2,1-2H3. The van der Waals surface area contributed by atoms with Crippen molar-refractivity contribution in [2.24, 2.45) is 0 Å². The van der Waals surface area contributed by atoms with Crippen LogP contribution in [0.15, 0.2) is 30.3 Å². The van der Waals surface area contributed by atoms with Crippen molar-refractivity contribution in [1.82, 2.24) is 24.6 Å². The molecular formula is C23H25FN6O. The number of hydrogen-bond acceptors (Lipinski definition) is 5. The summed E-state index contributed by atoms with van der Waals surface area (Å²) in [5.74, 6) is 1.26. The molecule has 3 heterocycles. The van der Waals surface area contributed by atoms with E-state index < -0.39 is 0 Å². The third-order valence-electron chi connectivity index (χ3n) is 6.06. The van der Waals surface area contributed by atoms with Gasteiger partial charge in [0.2, 0.25) is 0 Å². The van der Waals surface area contributed by atoms with E-state index in [2.05, 4.69) is 20.0 Å². The van der Waals surface area contributed by atoms with Crippen molar-refractivity contribution >= 4 is 11.7 Å². The van der Waals surface area contributed by atoms with Crippen molar-refractivity contribution in [2.75, 3.05) is 31.1 Å². The van der Waals surface area contributed by atoms with Gasteiger partial charge in [-0.15, -0.1) is 0 Å². The second kappa shape index (κ2) is 7.76. The summed E-state index contributed by atoms with van der Waals surface area (Å²) in [4.78, 5) is 26.3. The fourth-order valence-corrected chi connectivity index (χ4v) is 4.58. The lowest BCUT2D eigenvalue weighted by Gasteiger charge is -2.35. The number of aryl methyl sites for hydroxylation is 2. The molecule has 7 nitrogen and oxygen atoms in total. The van der Waals surface area contributed by atoms with Crippen LogP contribution < -0.4 is 4.90 Å². The van der Waals surface area contributed by atoms with Gasteiger partial charge >= 0.3 is 0 Å². The monoisotopic (exact) mass is 420 g/mol. The molecule has 5 rings (SSSR count). The van der Waals surface area contributed by atoms with E-state index in [1.54, 1.807) is 22.9 Å². The number of rotatable bonds is 3. The van der Waals surface area contributed by atoms with Crippen LogP contribution in [0.2, 0.25) is 0 Å². The lowest BCUT2D eigenvalue weighted by molar-refractivity contribution is 0.0739. The maximum atomic E-state index is 14.4. The molecule has 1 saturated heterocycles. The maximum Gasteiger partial charge on any atom is 0.274 e. The summed E-state index contributed by atoms with van der Waals surface area (Å²) in [6.07, 6.45) is 2.58. The molecule has 2 aliphatic rings. The number of aromatic nitrogens is 4.